The number of fused-ring (bicyclic) bond motifs is 4. The standard InChI is InChI=1S/C40H24N6O/c1-3-10-25(11-4-1)38-44-39(26-12-5-2-6-13-26)46-40(45-38)29-15-9-14-27(20-29)28-18-19-32-33(21-28)42-23-34(43-32)31-22-41-24-36-37(31)30-16-7-8-17-35(30)47-36/h1-24H. The minimum atomic E-state index is 0.610. The summed E-state index contributed by atoms with van der Waals surface area (Å²) in [6, 6.07) is 42.4. The molecular weight excluding hydrogens is 580 g/mol. The van der Waals surface area contributed by atoms with Crippen LogP contribution in [0.3, 0.4) is 0 Å². The van der Waals surface area contributed by atoms with E-state index in [0.717, 1.165) is 72.0 Å². The van der Waals surface area contributed by atoms with Gasteiger partial charge in [0.05, 0.1) is 29.1 Å². The van der Waals surface area contributed by atoms with Crippen LogP contribution in [0.5, 0.6) is 0 Å². The fourth-order valence-electron chi connectivity index (χ4n) is 5.97. The number of aromatic nitrogens is 6. The molecule has 4 heterocycles. The lowest BCUT2D eigenvalue weighted by molar-refractivity contribution is 0.667. The maximum Gasteiger partial charge on any atom is 0.164 e. The Morgan fingerprint density at radius 3 is 1.83 bits per heavy atom. The summed E-state index contributed by atoms with van der Waals surface area (Å²) in [6.07, 6.45) is 5.38. The van der Waals surface area contributed by atoms with E-state index in [1.54, 1.807) is 6.20 Å². The van der Waals surface area contributed by atoms with Crippen LogP contribution in [0.4, 0.5) is 0 Å². The van der Waals surface area contributed by atoms with Gasteiger partial charge >= 0.3 is 0 Å². The Morgan fingerprint density at radius 1 is 0.426 bits per heavy atom. The highest BCUT2D eigenvalue weighted by Crippen LogP contribution is 2.36. The summed E-state index contributed by atoms with van der Waals surface area (Å²) in [4.78, 5) is 28.9. The Labute approximate surface area is 269 Å². The Kier molecular flexibility index (Phi) is 6.31. The summed E-state index contributed by atoms with van der Waals surface area (Å²) >= 11 is 0. The molecule has 0 atom stereocenters. The van der Waals surface area contributed by atoms with Crippen LogP contribution in [-0.2, 0) is 0 Å². The molecule has 47 heavy (non-hydrogen) atoms. The zero-order valence-electron chi connectivity index (χ0n) is 24.9. The average molecular weight is 605 g/mol. The van der Waals surface area contributed by atoms with Crippen LogP contribution in [0.25, 0.3) is 89.5 Å². The van der Waals surface area contributed by atoms with Crippen molar-refractivity contribution in [3.63, 3.8) is 0 Å². The predicted octanol–water partition coefficient (Wildman–Crippen LogP) is 9.44. The number of furan rings is 1. The topological polar surface area (TPSA) is 90.5 Å². The number of pyridine rings is 1. The summed E-state index contributed by atoms with van der Waals surface area (Å²) in [5.41, 5.74) is 9.59. The van der Waals surface area contributed by atoms with E-state index in [2.05, 4.69) is 35.3 Å². The van der Waals surface area contributed by atoms with Crippen molar-refractivity contribution >= 4 is 33.0 Å². The molecule has 5 aromatic carbocycles. The molecule has 4 aromatic heterocycles. The second-order valence-corrected chi connectivity index (χ2v) is 11.2. The summed E-state index contributed by atoms with van der Waals surface area (Å²) in [5.74, 6) is 1.87. The molecule has 0 unspecified atom stereocenters. The Morgan fingerprint density at radius 2 is 1.06 bits per heavy atom. The number of nitrogens with zero attached hydrogens (tertiary/aromatic N) is 6. The van der Waals surface area contributed by atoms with Gasteiger partial charge in [0.1, 0.15) is 5.58 Å². The molecule has 7 heteroatoms. The van der Waals surface area contributed by atoms with Crippen LogP contribution in [0.15, 0.2) is 150 Å². The van der Waals surface area contributed by atoms with Crippen molar-refractivity contribution in [3.05, 3.63) is 146 Å². The smallest absolute Gasteiger partial charge is 0.164 e. The van der Waals surface area contributed by atoms with E-state index < -0.39 is 0 Å². The average Bonchev–Trinajstić information content (AvgIpc) is 3.54. The van der Waals surface area contributed by atoms with E-state index in [1.807, 2.05) is 109 Å². The third-order valence-electron chi connectivity index (χ3n) is 8.26. The molecule has 0 saturated carbocycles. The highest BCUT2D eigenvalue weighted by molar-refractivity contribution is 6.11. The molecular formula is C40H24N6O. The van der Waals surface area contributed by atoms with Crippen molar-refractivity contribution < 1.29 is 4.42 Å². The van der Waals surface area contributed by atoms with Crippen molar-refractivity contribution in [2.24, 2.45) is 0 Å². The van der Waals surface area contributed by atoms with Gasteiger partial charge in [0.2, 0.25) is 0 Å². The number of rotatable bonds is 5. The molecule has 220 valence electrons. The molecule has 0 aliphatic carbocycles. The Bertz CT molecular complexity index is 2520. The zero-order valence-corrected chi connectivity index (χ0v) is 24.9. The van der Waals surface area contributed by atoms with Crippen LogP contribution >= 0.6 is 0 Å². The third-order valence-corrected chi connectivity index (χ3v) is 8.26. The van der Waals surface area contributed by atoms with Gasteiger partial charge in [-0.2, -0.15) is 0 Å². The Balaban J connectivity index is 1.10. The first-order valence-electron chi connectivity index (χ1n) is 15.3. The molecule has 0 fully saturated rings. The molecule has 0 aliphatic rings. The quantitative estimate of drug-likeness (QED) is 0.193. The van der Waals surface area contributed by atoms with Crippen LogP contribution in [0, 0.1) is 0 Å². The highest BCUT2D eigenvalue weighted by atomic mass is 16.3. The first-order valence-corrected chi connectivity index (χ1v) is 15.3. The van der Waals surface area contributed by atoms with Gasteiger partial charge in [0.15, 0.2) is 23.1 Å². The van der Waals surface area contributed by atoms with Gasteiger partial charge in [-0.05, 0) is 35.4 Å². The lowest BCUT2D eigenvalue weighted by atomic mass is 10.0. The van der Waals surface area contributed by atoms with E-state index >= 15 is 0 Å². The lowest BCUT2D eigenvalue weighted by Gasteiger charge is -2.10. The second-order valence-electron chi connectivity index (χ2n) is 11.2. The molecule has 0 spiro atoms. The molecule has 0 bridgehead atoms. The molecule has 0 saturated heterocycles. The van der Waals surface area contributed by atoms with E-state index in [0.29, 0.717) is 17.5 Å². The van der Waals surface area contributed by atoms with Gasteiger partial charge in [0.25, 0.3) is 0 Å². The van der Waals surface area contributed by atoms with Crippen LogP contribution in [0.2, 0.25) is 0 Å². The molecule has 9 rings (SSSR count). The van der Waals surface area contributed by atoms with Crippen molar-refractivity contribution in [2.45, 2.75) is 0 Å². The SMILES string of the molecule is c1ccc(-c2nc(-c3ccccc3)nc(-c3cccc(-c4ccc5nc(-c6cncc7oc8ccccc8c67)cnc5c4)c3)n2)cc1. The number of hydrogen-bond donors (Lipinski definition) is 0. The first-order chi connectivity index (χ1) is 23.3. The van der Waals surface area contributed by atoms with Gasteiger partial charge in [-0.1, -0.05) is 103 Å². The van der Waals surface area contributed by atoms with Crippen molar-refractivity contribution in [1.29, 1.82) is 0 Å². The molecule has 0 aliphatic heterocycles. The van der Waals surface area contributed by atoms with Gasteiger partial charge in [-0.3, -0.25) is 9.97 Å². The Hall–Kier alpha value is -6.60. The summed E-state index contributed by atoms with van der Waals surface area (Å²) < 4.78 is 6.04. The number of benzene rings is 5. The van der Waals surface area contributed by atoms with Crippen LogP contribution in [-0.4, -0.2) is 29.9 Å². The maximum absolute atomic E-state index is 6.04. The summed E-state index contributed by atoms with van der Waals surface area (Å²) in [7, 11) is 0. The summed E-state index contributed by atoms with van der Waals surface area (Å²) in [6.45, 7) is 0. The van der Waals surface area contributed by atoms with Gasteiger partial charge in [-0.15, -0.1) is 0 Å². The minimum Gasteiger partial charge on any atom is -0.454 e. The lowest BCUT2D eigenvalue weighted by Crippen LogP contribution is -2.00. The van der Waals surface area contributed by atoms with Gasteiger partial charge in [0, 0.05) is 39.2 Å². The van der Waals surface area contributed by atoms with Crippen LogP contribution < -0.4 is 0 Å². The van der Waals surface area contributed by atoms with Gasteiger partial charge in [-0.25, -0.2) is 19.9 Å². The van der Waals surface area contributed by atoms with E-state index in [1.165, 1.54) is 0 Å². The maximum atomic E-state index is 6.04. The zero-order chi connectivity index (χ0) is 31.2. The molecule has 7 nitrogen and oxygen atoms in total. The predicted molar refractivity (Wildman–Crippen MR) is 185 cm³/mol. The third kappa shape index (κ3) is 4.87. The normalized spacial score (nSPS) is 11.4. The monoisotopic (exact) mass is 604 g/mol. The van der Waals surface area contributed by atoms with Crippen molar-refractivity contribution in [3.8, 4) is 56.5 Å². The molecule has 0 amide bonds. The fourth-order valence-corrected chi connectivity index (χ4v) is 5.97. The number of para-hydroxylation sites is 1. The van der Waals surface area contributed by atoms with E-state index in [4.69, 9.17) is 29.3 Å². The minimum absolute atomic E-state index is 0.610. The molecule has 0 radical (unpaired) electrons. The van der Waals surface area contributed by atoms with Crippen molar-refractivity contribution in [1.82, 2.24) is 29.9 Å². The van der Waals surface area contributed by atoms with Crippen molar-refractivity contribution in [2.75, 3.05) is 0 Å². The van der Waals surface area contributed by atoms with E-state index in [-0.39, 0.29) is 0 Å². The van der Waals surface area contributed by atoms with Gasteiger partial charge < -0.3 is 4.42 Å². The number of hydrogen-bond acceptors (Lipinski definition) is 7. The second kappa shape index (κ2) is 11.1. The first kappa shape index (κ1) is 26.8. The molecule has 9 aromatic rings. The fraction of sp³-hybridized carbons (Fsp3) is 0. The van der Waals surface area contributed by atoms with Crippen LogP contribution in [0.1, 0.15) is 0 Å². The van der Waals surface area contributed by atoms with E-state index in [9.17, 15) is 0 Å². The molecule has 0 N–H and O–H groups in total. The largest absolute Gasteiger partial charge is 0.454 e. The highest BCUT2D eigenvalue weighted by Gasteiger charge is 2.16. The summed E-state index contributed by atoms with van der Waals surface area (Å²) in [5, 5.41) is 2.02.